The normalized spacial score (nSPS) is 14.3. The van der Waals surface area contributed by atoms with Crippen molar-refractivity contribution in [1.29, 1.82) is 0 Å². The van der Waals surface area contributed by atoms with E-state index in [1.807, 2.05) is 27.0 Å². The fraction of sp³-hybridized carbons (Fsp3) is 0.615. The second-order valence-corrected chi connectivity index (χ2v) is 6.29. The molecule has 0 aliphatic heterocycles. The fourth-order valence-electron chi connectivity index (χ4n) is 1.76. The Hall–Kier alpha value is -0.940. The van der Waals surface area contributed by atoms with E-state index >= 15 is 0 Å². The number of ether oxygens (including phenoxy) is 1. The summed E-state index contributed by atoms with van der Waals surface area (Å²) in [5.41, 5.74) is 3.09. The standard InChI is InChI=1S/C13H22N2O2S/c1-9-6-15-12(11(3)13(9)17-4)8-14-7-10(2)18(5)16/h6,10,14H,7-8H2,1-5H3. The lowest BCUT2D eigenvalue weighted by Gasteiger charge is -2.14. The first-order chi connectivity index (χ1) is 8.47. The number of aromatic nitrogens is 1. The summed E-state index contributed by atoms with van der Waals surface area (Å²) < 4.78 is 16.6. The van der Waals surface area contributed by atoms with E-state index in [2.05, 4.69) is 10.3 Å². The summed E-state index contributed by atoms with van der Waals surface area (Å²) in [6.07, 6.45) is 3.55. The minimum absolute atomic E-state index is 0.151. The maximum Gasteiger partial charge on any atom is 0.128 e. The Kier molecular flexibility index (Phi) is 5.75. The van der Waals surface area contributed by atoms with Crippen molar-refractivity contribution >= 4 is 10.8 Å². The molecule has 1 N–H and O–H groups in total. The van der Waals surface area contributed by atoms with Gasteiger partial charge in [0, 0.05) is 52.7 Å². The van der Waals surface area contributed by atoms with Crippen LogP contribution in [-0.4, -0.2) is 34.4 Å². The van der Waals surface area contributed by atoms with Gasteiger partial charge in [0.15, 0.2) is 0 Å². The van der Waals surface area contributed by atoms with Gasteiger partial charge >= 0.3 is 0 Å². The molecule has 0 saturated heterocycles. The summed E-state index contributed by atoms with van der Waals surface area (Å²) in [6, 6.07) is 0. The van der Waals surface area contributed by atoms with Crippen LogP contribution in [0, 0.1) is 13.8 Å². The molecule has 0 spiro atoms. The second kappa shape index (κ2) is 6.85. The molecule has 4 nitrogen and oxygen atoms in total. The van der Waals surface area contributed by atoms with E-state index in [1.54, 1.807) is 13.4 Å². The van der Waals surface area contributed by atoms with Crippen LogP contribution < -0.4 is 10.1 Å². The van der Waals surface area contributed by atoms with E-state index in [4.69, 9.17) is 4.74 Å². The Balaban J connectivity index is 2.66. The van der Waals surface area contributed by atoms with Gasteiger partial charge < -0.3 is 10.1 Å². The first kappa shape index (κ1) is 15.1. The molecule has 1 aromatic heterocycles. The average molecular weight is 270 g/mol. The zero-order valence-corrected chi connectivity index (χ0v) is 12.6. The fourth-order valence-corrected chi connectivity index (χ4v) is 2.11. The van der Waals surface area contributed by atoms with E-state index in [1.165, 1.54) is 0 Å². The molecule has 0 aromatic carbocycles. The zero-order valence-electron chi connectivity index (χ0n) is 11.7. The summed E-state index contributed by atoms with van der Waals surface area (Å²) in [7, 11) is 0.885. The lowest BCUT2D eigenvalue weighted by molar-refractivity contribution is 0.406. The minimum atomic E-state index is -0.791. The van der Waals surface area contributed by atoms with Crippen LogP contribution in [-0.2, 0) is 17.3 Å². The van der Waals surface area contributed by atoms with Crippen molar-refractivity contribution in [3.05, 3.63) is 23.0 Å². The molecule has 1 heterocycles. The van der Waals surface area contributed by atoms with Crippen molar-refractivity contribution in [2.24, 2.45) is 0 Å². The number of nitrogens with zero attached hydrogens (tertiary/aromatic N) is 1. The highest BCUT2D eigenvalue weighted by atomic mass is 32.2. The van der Waals surface area contributed by atoms with Crippen LogP contribution in [0.1, 0.15) is 23.7 Å². The van der Waals surface area contributed by atoms with E-state index < -0.39 is 10.8 Å². The first-order valence-corrected chi connectivity index (χ1v) is 7.61. The van der Waals surface area contributed by atoms with Gasteiger partial charge in [-0.1, -0.05) is 0 Å². The summed E-state index contributed by atoms with van der Waals surface area (Å²) in [4.78, 5) is 4.41. The highest BCUT2D eigenvalue weighted by molar-refractivity contribution is 7.84. The van der Waals surface area contributed by atoms with E-state index in [-0.39, 0.29) is 5.25 Å². The molecular weight excluding hydrogens is 248 g/mol. The number of hydrogen-bond acceptors (Lipinski definition) is 4. The smallest absolute Gasteiger partial charge is 0.128 e. The predicted octanol–water partition coefficient (Wildman–Crippen LogP) is 1.56. The van der Waals surface area contributed by atoms with Crippen molar-refractivity contribution in [1.82, 2.24) is 10.3 Å². The van der Waals surface area contributed by atoms with Crippen LogP contribution in [0.25, 0.3) is 0 Å². The molecule has 5 heteroatoms. The number of pyridine rings is 1. The number of hydrogen-bond donors (Lipinski definition) is 1. The van der Waals surface area contributed by atoms with Crippen LogP contribution in [0.5, 0.6) is 5.75 Å². The number of methoxy groups -OCH3 is 1. The lowest BCUT2D eigenvalue weighted by atomic mass is 10.1. The van der Waals surface area contributed by atoms with Crippen LogP contribution in [0.2, 0.25) is 0 Å². The summed E-state index contributed by atoms with van der Waals surface area (Å²) in [5, 5.41) is 3.43. The predicted molar refractivity (Wildman–Crippen MR) is 75.5 cm³/mol. The van der Waals surface area contributed by atoms with Gasteiger partial charge in [-0.3, -0.25) is 9.19 Å². The number of aryl methyl sites for hydroxylation is 1. The molecule has 0 radical (unpaired) electrons. The quantitative estimate of drug-likeness (QED) is 0.852. The SMILES string of the molecule is COc1c(C)cnc(CNCC(C)S(C)=O)c1C. The molecule has 0 amide bonds. The Morgan fingerprint density at radius 2 is 2.17 bits per heavy atom. The van der Waals surface area contributed by atoms with Gasteiger partial charge in [0.05, 0.1) is 12.8 Å². The van der Waals surface area contributed by atoms with Gasteiger partial charge in [0.2, 0.25) is 0 Å². The molecule has 0 aliphatic carbocycles. The Bertz CT molecular complexity index is 435. The van der Waals surface area contributed by atoms with Gasteiger partial charge in [-0.15, -0.1) is 0 Å². The van der Waals surface area contributed by atoms with Gasteiger partial charge in [0.1, 0.15) is 5.75 Å². The first-order valence-electron chi connectivity index (χ1n) is 5.99. The van der Waals surface area contributed by atoms with Crippen molar-refractivity contribution in [2.75, 3.05) is 19.9 Å². The molecule has 102 valence electrons. The maximum atomic E-state index is 11.2. The van der Waals surface area contributed by atoms with E-state index in [0.29, 0.717) is 6.54 Å². The highest BCUT2D eigenvalue weighted by Gasteiger charge is 2.10. The molecule has 0 aliphatic rings. The van der Waals surface area contributed by atoms with Crippen LogP contribution in [0.3, 0.4) is 0 Å². The number of rotatable bonds is 6. The molecule has 2 atom stereocenters. The Morgan fingerprint density at radius 1 is 1.50 bits per heavy atom. The van der Waals surface area contributed by atoms with Crippen LogP contribution in [0.4, 0.5) is 0 Å². The zero-order chi connectivity index (χ0) is 13.7. The molecule has 0 bridgehead atoms. The van der Waals surface area contributed by atoms with Gasteiger partial charge in [-0.2, -0.15) is 0 Å². The van der Waals surface area contributed by atoms with Gasteiger partial charge in [-0.25, -0.2) is 0 Å². The molecule has 2 unspecified atom stereocenters. The molecule has 0 fully saturated rings. The van der Waals surface area contributed by atoms with Crippen molar-refractivity contribution < 1.29 is 8.95 Å². The summed E-state index contributed by atoms with van der Waals surface area (Å²) >= 11 is 0. The van der Waals surface area contributed by atoms with E-state index in [9.17, 15) is 4.21 Å². The third-order valence-corrected chi connectivity index (χ3v) is 4.34. The summed E-state index contributed by atoms with van der Waals surface area (Å²) in [6.45, 7) is 7.36. The monoisotopic (exact) mass is 270 g/mol. The average Bonchev–Trinajstić information content (AvgIpc) is 2.32. The largest absolute Gasteiger partial charge is 0.496 e. The Morgan fingerprint density at radius 3 is 2.72 bits per heavy atom. The Labute approximate surface area is 112 Å². The highest BCUT2D eigenvalue weighted by Crippen LogP contribution is 2.23. The van der Waals surface area contributed by atoms with Gasteiger partial charge in [-0.05, 0) is 20.8 Å². The molecule has 1 rings (SSSR count). The lowest BCUT2D eigenvalue weighted by Crippen LogP contribution is -2.27. The molecule has 18 heavy (non-hydrogen) atoms. The third kappa shape index (κ3) is 3.78. The van der Waals surface area contributed by atoms with Crippen molar-refractivity contribution in [3.8, 4) is 5.75 Å². The van der Waals surface area contributed by atoms with E-state index in [0.717, 1.165) is 29.1 Å². The van der Waals surface area contributed by atoms with Crippen molar-refractivity contribution in [3.63, 3.8) is 0 Å². The molecule has 1 aromatic rings. The molecule has 0 saturated carbocycles. The van der Waals surface area contributed by atoms with Crippen LogP contribution >= 0.6 is 0 Å². The van der Waals surface area contributed by atoms with Gasteiger partial charge in [0.25, 0.3) is 0 Å². The van der Waals surface area contributed by atoms with Crippen LogP contribution in [0.15, 0.2) is 6.20 Å². The number of nitrogens with one attached hydrogen (secondary N) is 1. The third-order valence-electron chi connectivity index (χ3n) is 3.04. The maximum absolute atomic E-state index is 11.2. The minimum Gasteiger partial charge on any atom is -0.496 e. The summed E-state index contributed by atoms with van der Waals surface area (Å²) in [5.74, 6) is 0.897. The topological polar surface area (TPSA) is 51.2 Å². The van der Waals surface area contributed by atoms with Crippen molar-refractivity contribution in [2.45, 2.75) is 32.6 Å². The second-order valence-electron chi connectivity index (χ2n) is 4.49. The molecular formula is C13H22N2O2S.